The molecular weight excluding hydrogens is 224 g/mol. The predicted octanol–water partition coefficient (Wildman–Crippen LogP) is 2.98. The molecule has 18 heavy (non-hydrogen) atoms. The lowest BCUT2D eigenvalue weighted by Crippen LogP contribution is -2.26. The van der Waals surface area contributed by atoms with Gasteiger partial charge in [-0.1, -0.05) is 18.0 Å². The van der Waals surface area contributed by atoms with Gasteiger partial charge in [0.1, 0.15) is 11.5 Å². The van der Waals surface area contributed by atoms with Crippen LogP contribution in [0.4, 0.5) is 0 Å². The molecule has 3 heteroatoms. The first kappa shape index (κ1) is 11.0. The number of hydrogen-bond acceptors (Lipinski definition) is 3. The van der Waals surface area contributed by atoms with E-state index in [1.165, 1.54) is 68.4 Å². The highest BCUT2D eigenvalue weighted by atomic mass is 16.5. The number of aromatic nitrogens is 1. The summed E-state index contributed by atoms with van der Waals surface area (Å²) in [6.07, 6.45) is 12.0. The van der Waals surface area contributed by atoms with Crippen LogP contribution in [0.25, 0.3) is 0 Å². The van der Waals surface area contributed by atoms with Gasteiger partial charge in [-0.25, -0.2) is 0 Å². The van der Waals surface area contributed by atoms with Gasteiger partial charge in [0.05, 0.1) is 0 Å². The first-order valence-electron chi connectivity index (χ1n) is 7.54. The number of rotatable bonds is 3. The highest BCUT2D eigenvalue weighted by Crippen LogP contribution is 2.48. The molecule has 1 spiro atoms. The van der Waals surface area contributed by atoms with Crippen LogP contribution in [0, 0.1) is 5.41 Å². The second kappa shape index (κ2) is 4.09. The van der Waals surface area contributed by atoms with Crippen molar-refractivity contribution in [2.24, 2.45) is 5.41 Å². The van der Waals surface area contributed by atoms with E-state index in [9.17, 15) is 0 Å². The Hall–Kier alpha value is -0.830. The molecule has 3 aliphatic carbocycles. The third-order valence-electron chi connectivity index (χ3n) is 5.18. The molecule has 0 bridgehead atoms. The van der Waals surface area contributed by atoms with E-state index in [0.29, 0.717) is 5.41 Å². The molecule has 2 saturated carbocycles. The van der Waals surface area contributed by atoms with Crippen LogP contribution < -0.4 is 5.32 Å². The molecular formula is C15H22N2O. The van der Waals surface area contributed by atoms with E-state index in [2.05, 4.69) is 10.5 Å². The Morgan fingerprint density at radius 1 is 1.22 bits per heavy atom. The molecule has 1 heterocycles. The molecule has 0 unspecified atom stereocenters. The molecule has 0 atom stereocenters. The SMILES string of the molecule is C1CCC2(C1)CCc1onc(CNC3CC3)c1C2. The lowest BCUT2D eigenvalue weighted by molar-refractivity contribution is 0.236. The summed E-state index contributed by atoms with van der Waals surface area (Å²) in [6.45, 7) is 0.916. The second-order valence-electron chi connectivity index (χ2n) is 6.57. The number of aryl methyl sites for hydroxylation is 1. The smallest absolute Gasteiger partial charge is 0.140 e. The van der Waals surface area contributed by atoms with E-state index in [4.69, 9.17) is 4.52 Å². The first-order chi connectivity index (χ1) is 8.85. The van der Waals surface area contributed by atoms with Crippen LogP contribution in [0.1, 0.15) is 62.0 Å². The van der Waals surface area contributed by atoms with E-state index >= 15 is 0 Å². The van der Waals surface area contributed by atoms with Gasteiger partial charge in [0, 0.05) is 24.6 Å². The normalized spacial score (nSPS) is 25.6. The molecule has 0 saturated heterocycles. The predicted molar refractivity (Wildman–Crippen MR) is 69.3 cm³/mol. The summed E-state index contributed by atoms with van der Waals surface area (Å²) in [4.78, 5) is 0. The lowest BCUT2D eigenvalue weighted by atomic mass is 9.72. The average Bonchev–Trinajstić information content (AvgIpc) is 2.98. The van der Waals surface area contributed by atoms with Gasteiger partial charge in [0.2, 0.25) is 0 Å². The zero-order valence-corrected chi connectivity index (χ0v) is 11.0. The van der Waals surface area contributed by atoms with Crippen LogP contribution in [0.2, 0.25) is 0 Å². The van der Waals surface area contributed by atoms with Crippen LogP contribution in [-0.2, 0) is 19.4 Å². The molecule has 98 valence electrons. The maximum Gasteiger partial charge on any atom is 0.140 e. The Labute approximate surface area is 108 Å². The van der Waals surface area contributed by atoms with Gasteiger partial charge in [-0.2, -0.15) is 0 Å². The van der Waals surface area contributed by atoms with E-state index in [1.807, 2.05) is 0 Å². The van der Waals surface area contributed by atoms with Crippen LogP contribution in [-0.4, -0.2) is 11.2 Å². The van der Waals surface area contributed by atoms with Crippen molar-refractivity contribution in [3.05, 3.63) is 17.0 Å². The number of fused-ring (bicyclic) bond motifs is 1. The van der Waals surface area contributed by atoms with Crippen LogP contribution in [0.5, 0.6) is 0 Å². The summed E-state index contributed by atoms with van der Waals surface area (Å²) >= 11 is 0. The molecule has 1 aromatic rings. The van der Waals surface area contributed by atoms with Gasteiger partial charge in [0.25, 0.3) is 0 Å². The molecule has 4 rings (SSSR count). The Balaban J connectivity index is 1.54. The van der Waals surface area contributed by atoms with Crippen LogP contribution in [0.3, 0.4) is 0 Å². The quantitative estimate of drug-likeness (QED) is 0.891. The summed E-state index contributed by atoms with van der Waals surface area (Å²) < 4.78 is 5.55. The van der Waals surface area contributed by atoms with Crippen molar-refractivity contribution in [2.75, 3.05) is 0 Å². The topological polar surface area (TPSA) is 38.1 Å². The largest absolute Gasteiger partial charge is 0.361 e. The third kappa shape index (κ3) is 1.89. The van der Waals surface area contributed by atoms with Gasteiger partial charge >= 0.3 is 0 Å². The van der Waals surface area contributed by atoms with Crippen molar-refractivity contribution < 1.29 is 4.52 Å². The van der Waals surface area contributed by atoms with Crippen LogP contribution in [0.15, 0.2) is 4.52 Å². The molecule has 1 N–H and O–H groups in total. The van der Waals surface area contributed by atoms with E-state index < -0.39 is 0 Å². The molecule has 0 amide bonds. The summed E-state index contributed by atoms with van der Waals surface area (Å²) in [5.41, 5.74) is 3.26. The molecule has 3 nitrogen and oxygen atoms in total. The van der Waals surface area contributed by atoms with E-state index in [0.717, 1.165) is 19.0 Å². The fraction of sp³-hybridized carbons (Fsp3) is 0.800. The van der Waals surface area contributed by atoms with Gasteiger partial charge < -0.3 is 9.84 Å². The number of nitrogens with one attached hydrogen (secondary N) is 1. The monoisotopic (exact) mass is 246 g/mol. The summed E-state index contributed by atoms with van der Waals surface area (Å²) in [7, 11) is 0. The highest BCUT2D eigenvalue weighted by molar-refractivity contribution is 5.28. The maximum atomic E-state index is 5.55. The minimum Gasteiger partial charge on any atom is -0.361 e. The van der Waals surface area contributed by atoms with Gasteiger partial charge in [-0.3, -0.25) is 0 Å². The van der Waals surface area contributed by atoms with Crippen molar-refractivity contribution in [3.8, 4) is 0 Å². The van der Waals surface area contributed by atoms with Crippen LogP contribution >= 0.6 is 0 Å². The molecule has 0 aliphatic heterocycles. The average molecular weight is 246 g/mol. The van der Waals surface area contributed by atoms with Crippen molar-refractivity contribution in [1.29, 1.82) is 0 Å². The fourth-order valence-electron chi connectivity index (χ4n) is 3.84. The van der Waals surface area contributed by atoms with E-state index in [-0.39, 0.29) is 0 Å². The second-order valence-corrected chi connectivity index (χ2v) is 6.57. The molecule has 1 aromatic heterocycles. The lowest BCUT2D eigenvalue weighted by Gasteiger charge is -2.32. The number of hydrogen-bond donors (Lipinski definition) is 1. The fourth-order valence-corrected chi connectivity index (χ4v) is 3.84. The minimum absolute atomic E-state index is 0.604. The molecule has 2 fully saturated rings. The van der Waals surface area contributed by atoms with Gasteiger partial charge in [-0.15, -0.1) is 0 Å². The van der Waals surface area contributed by atoms with Crippen molar-refractivity contribution in [1.82, 2.24) is 10.5 Å². The Kier molecular flexibility index (Phi) is 2.51. The zero-order valence-electron chi connectivity index (χ0n) is 11.0. The van der Waals surface area contributed by atoms with Crippen molar-refractivity contribution in [3.63, 3.8) is 0 Å². The molecule has 3 aliphatic rings. The summed E-state index contributed by atoms with van der Waals surface area (Å²) in [6, 6.07) is 0.751. The highest BCUT2D eigenvalue weighted by Gasteiger charge is 2.39. The van der Waals surface area contributed by atoms with Gasteiger partial charge in [0.15, 0.2) is 0 Å². The maximum absolute atomic E-state index is 5.55. The summed E-state index contributed by atoms with van der Waals surface area (Å²) in [5.74, 6) is 1.18. The van der Waals surface area contributed by atoms with Crippen molar-refractivity contribution >= 4 is 0 Å². The molecule has 0 radical (unpaired) electrons. The molecule has 0 aromatic carbocycles. The van der Waals surface area contributed by atoms with Gasteiger partial charge in [-0.05, 0) is 43.9 Å². The Bertz CT molecular complexity index is 441. The Morgan fingerprint density at radius 2 is 2.06 bits per heavy atom. The third-order valence-corrected chi connectivity index (χ3v) is 5.18. The van der Waals surface area contributed by atoms with E-state index in [1.54, 1.807) is 0 Å². The first-order valence-corrected chi connectivity index (χ1v) is 7.54. The standard InChI is InChI=1S/C15H22N2O/c1-2-7-15(6-1)8-5-14-12(9-15)13(17-18-14)10-16-11-3-4-11/h11,16H,1-10H2. The Morgan fingerprint density at radius 3 is 2.83 bits per heavy atom. The zero-order chi connectivity index (χ0) is 12.0. The number of nitrogens with zero attached hydrogens (tertiary/aromatic N) is 1. The summed E-state index contributed by atoms with van der Waals surface area (Å²) in [5, 5.41) is 7.88. The minimum atomic E-state index is 0.604. The van der Waals surface area contributed by atoms with Crippen molar-refractivity contribution in [2.45, 2.75) is 70.4 Å².